The van der Waals surface area contributed by atoms with E-state index in [0.717, 1.165) is 6.42 Å². The number of nitrogens with two attached hydrogens (primary N) is 1. The molecule has 0 bridgehead atoms. The average molecular weight is 276 g/mol. The number of halogens is 2. The van der Waals surface area contributed by atoms with Crippen LogP contribution in [0.2, 0.25) is 0 Å². The van der Waals surface area contributed by atoms with Gasteiger partial charge in [0.25, 0.3) is 0 Å². The molecule has 0 spiro atoms. The molecule has 2 aromatic carbocycles. The second-order valence-corrected chi connectivity index (χ2v) is 4.79. The fraction of sp³-hybridized carbons (Fsp3) is 0.250. The van der Waals surface area contributed by atoms with E-state index in [4.69, 9.17) is 5.84 Å². The zero-order chi connectivity index (χ0) is 14.4. The zero-order valence-corrected chi connectivity index (χ0v) is 11.2. The molecule has 0 heterocycles. The first-order valence-corrected chi connectivity index (χ1v) is 6.63. The largest absolute Gasteiger partial charge is 0.271 e. The Bertz CT molecular complexity index is 523. The first kappa shape index (κ1) is 14.6. The molecule has 0 fully saturated rings. The summed E-state index contributed by atoms with van der Waals surface area (Å²) in [4.78, 5) is 0. The molecule has 4 heteroatoms. The van der Waals surface area contributed by atoms with Crippen LogP contribution in [0.5, 0.6) is 0 Å². The minimum absolute atomic E-state index is 0.0866. The van der Waals surface area contributed by atoms with Gasteiger partial charge >= 0.3 is 0 Å². The van der Waals surface area contributed by atoms with E-state index in [0.29, 0.717) is 6.42 Å². The van der Waals surface area contributed by atoms with Crippen LogP contribution in [-0.2, 0) is 12.8 Å². The first-order chi connectivity index (χ1) is 9.70. The summed E-state index contributed by atoms with van der Waals surface area (Å²) in [7, 11) is 0. The normalized spacial score (nSPS) is 12.3. The minimum Gasteiger partial charge on any atom is -0.271 e. The number of rotatable bonds is 6. The van der Waals surface area contributed by atoms with E-state index < -0.39 is 11.6 Å². The van der Waals surface area contributed by atoms with Crippen molar-refractivity contribution in [3.63, 3.8) is 0 Å². The number of hydrazine groups is 1. The van der Waals surface area contributed by atoms with Gasteiger partial charge in [0.2, 0.25) is 0 Å². The Kier molecular flexibility index (Phi) is 5.21. The summed E-state index contributed by atoms with van der Waals surface area (Å²) in [5.41, 5.74) is 3.91. The standard InChI is InChI=1S/C16H18F2N2/c17-15-7-4-8-16(18)14(15)11-13(20-19)10-9-12-5-2-1-3-6-12/h1-8,13,20H,9-11,19H2. The lowest BCUT2D eigenvalue weighted by Gasteiger charge is -2.16. The van der Waals surface area contributed by atoms with Crippen molar-refractivity contribution in [2.45, 2.75) is 25.3 Å². The SMILES string of the molecule is NNC(CCc1ccccc1)Cc1c(F)cccc1F. The molecule has 2 rings (SSSR count). The summed E-state index contributed by atoms with van der Waals surface area (Å²) in [6.07, 6.45) is 1.77. The van der Waals surface area contributed by atoms with Gasteiger partial charge in [-0.1, -0.05) is 36.4 Å². The van der Waals surface area contributed by atoms with E-state index in [1.165, 1.54) is 23.8 Å². The van der Waals surface area contributed by atoms with Crippen molar-refractivity contribution in [2.75, 3.05) is 0 Å². The van der Waals surface area contributed by atoms with Crippen molar-refractivity contribution in [2.24, 2.45) is 5.84 Å². The topological polar surface area (TPSA) is 38.0 Å². The molecule has 0 amide bonds. The fourth-order valence-corrected chi connectivity index (χ4v) is 2.20. The molecule has 106 valence electrons. The zero-order valence-electron chi connectivity index (χ0n) is 11.2. The summed E-state index contributed by atoms with van der Waals surface area (Å²) < 4.78 is 27.2. The van der Waals surface area contributed by atoms with Crippen LogP contribution < -0.4 is 11.3 Å². The smallest absolute Gasteiger partial charge is 0.129 e. The molecule has 20 heavy (non-hydrogen) atoms. The molecular weight excluding hydrogens is 258 g/mol. The third kappa shape index (κ3) is 3.85. The maximum absolute atomic E-state index is 13.6. The van der Waals surface area contributed by atoms with Crippen LogP contribution in [-0.4, -0.2) is 6.04 Å². The van der Waals surface area contributed by atoms with Crippen LogP contribution >= 0.6 is 0 Å². The Labute approximate surface area is 117 Å². The maximum atomic E-state index is 13.6. The second-order valence-electron chi connectivity index (χ2n) is 4.79. The lowest BCUT2D eigenvalue weighted by atomic mass is 9.99. The number of hydrogen-bond acceptors (Lipinski definition) is 2. The summed E-state index contributed by atoms with van der Waals surface area (Å²) in [6.45, 7) is 0. The molecule has 0 saturated carbocycles. The molecule has 0 saturated heterocycles. The van der Waals surface area contributed by atoms with Gasteiger partial charge in [0.05, 0.1) is 0 Å². The Balaban J connectivity index is 1.99. The molecule has 0 aliphatic rings. The molecule has 2 aromatic rings. The van der Waals surface area contributed by atoms with Crippen molar-refractivity contribution in [3.8, 4) is 0 Å². The van der Waals surface area contributed by atoms with Crippen LogP contribution in [0.3, 0.4) is 0 Å². The van der Waals surface area contributed by atoms with Gasteiger partial charge in [-0.25, -0.2) is 8.78 Å². The Morgan fingerprint density at radius 1 is 0.950 bits per heavy atom. The predicted molar refractivity (Wildman–Crippen MR) is 75.9 cm³/mol. The highest BCUT2D eigenvalue weighted by atomic mass is 19.1. The van der Waals surface area contributed by atoms with Crippen LogP contribution in [0.4, 0.5) is 8.78 Å². The first-order valence-electron chi connectivity index (χ1n) is 6.63. The average Bonchev–Trinajstić information content (AvgIpc) is 2.47. The van der Waals surface area contributed by atoms with Crippen molar-refractivity contribution >= 4 is 0 Å². The van der Waals surface area contributed by atoms with Gasteiger partial charge in [0, 0.05) is 11.6 Å². The lowest BCUT2D eigenvalue weighted by Crippen LogP contribution is -2.37. The molecule has 2 nitrogen and oxygen atoms in total. The Morgan fingerprint density at radius 2 is 1.60 bits per heavy atom. The highest BCUT2D eigenvalue weighted by Crippen LogP contribution is 2.16. The Hall–Kier alpha value is -1.78. The van der Waals surface area contributed by atoms with E-state index in [9.17, 15) is 8.78 Å². The van der Waals surface area contributed by atoms with Gasteiger partial charge in [-0.05, 0) is 37.0 Å². The molecule has 0 aromatic heterocycles. The molecule has 3 N–H and O–H groups in total. The summed E-state index contributed by atoms with van der Waals surface area (Å²) in [5, 5.41) is 0. The third-order valence-electron chi connectivity index (χ3n) is 3.37. The van der Waals surface area contributed by atoms with Crippen molar-refractivity contribution < 1.29 is 8.78 Å². The monoisotopic (exact) mass is 276 g/mol. The minimum atomic E-state index is -0.523. The van der Waals surface area contributed by atoms with Gasteiger partial charge in [0.1, 0.15) is 11.6 Å². The highest BCUT2D eigenvalue weighted by molar-refractivity contribution is 5.21. The number of aryl methyl sites for hydroxylation is 1. The van der Waals surface area contributed by atoms with Gasteiger partial charge < -0.3 is 0 Å². The lowest BCUT2D eigenvalue weighted by molar-refractivity contribution is 0.464. The summed E-state index contributed by atoms with van der Waals surface area (Å²) in [6, 6.07) is 13.7. The molecular formula is C16H18F2N2. The maximum Gasteiger partial charge on any atom is 0.129 e. The van der Waals surface area contributed by atoms with E-state index in [1.807, 2.05) is 30.3 Å². The van der Waals surface area contributed by atoms with E-state index in [1.54, 1.807) is 0 Å². The van der Waals surface area contributed by atoms with Crippen molar-refractivity contribution in [1.29, 1.82) is 0 Å². The summed E-state index contributed by atoms with van der Waals surface area (Å²) in [5.74, 6) is 4.44. The molecule has 1 atom stereocenters. The van der Waals surface area contributed by atoms with E-state index in [-0.39, 0.29) is 18.0 Å². The van der Waals surface area contributed by atoms with Crippen LogP contribution in [0.25, 0.3) is 0 Å². The van der Waals surface area contributed by atoms with Gasteiger partial charge in [-0.2, -0.15) is 0 Å². The number of hydrogen-bond donors (Lipinski definition) is 2. The van der Waals surface area contributed by atoms with Crippen molar-refractivity contribution in [1.82, 2.24) is 5.43 Å². The molecule has 0 radical (unpaired) electrons. The predicted octanol–water partition coefficient (Wildman–Crippen LogP) is 2.97. The third-order valence-corrected chi connectivity index (χ3v) is 3.37. The van der Waals surface area contributed by atoms with Gasteiger partial charge in [-0.15, -0.1) is 0 Å². The Morgan fingerprint density at radius 3 is 2.20 bits per heavy atom. The van der Waals surface area contributed by atoms with Crippen molar-refractivity contribution in [3.05, 3.63) is 71.3 Å². The molecule has 1 unspecified atom stereocenters. The van der Waals surface area contributed by atoms with Gasteiger partial charge in [-0.3, -0.25) is 11.3 Å². The van der Waals surface area contributed by atoms with Crippen LogP contribution in [0.15, 0.2) is 48.5 Å². The molecule has 0 aliphatic heterocycles. The fourth-order valence-electron chi connectivity index (χ4n) is 2.20. The highest BCUT2D eigenvalue weighted by Gasteiger charge is 2.14. The summed E-state index contributed by atoms with van der Waals surface area (Å²) >= 11 is 0. The van der Waals surface area contributed by atoms with E-state index >= 15 is 0 Å². The van der Waals surface area contributed by atoms with E-state index in [2.05, 4.69) is 5.43 Å². The second kappa shape index (κ2) is 7.12. The van der Waals surface area contributed by atoms with Gasteiger partial charge in [0.15, 0.2) is 0 Å². The van der Waals surface area contributed by atoms with Crippen LogP contribution in [0, 0.1) is 11.6 Å². The number of nitrogens with one attached hydrogen (secondary N) is 1. The van der Waals surface area contributed by atoms with Crippen LogP contribution in [0.1, 0.15) is 17.5 Å². The quantitative estimate of drug-likeness (QED) is 0.629. The number of benzene rings is 2. The molecule has 0 aliphatic carbocycles.